The molecule has 0 unspecified atom stereocenters. The molecule has 0 amide bonds. The second-order valence-electron chi connectivity index (χ2n) is 1.55. The fourth-order valence-electron chi connectivity index (χ4n) is 0.266. The van der Waals surface area contributed by atoms with Crippen molar-refractivity contribution in [1.29, 1.82) is 0 Å². The first-order valence-corrected chi connectivity index (χ1v) is 2.51. The second kappa shape index (κ2) is 4.23. The first-order chi connectivity index (χ1) is 4.57. The monoisotopic (exact) mass is 149 g/mol. The highest BCUT2D eigenvalue weighted by Crippen LogP contribution is 1.84. The zero-order valence-corrected chi connectivity index (χ0v) is 5.10. The second-order valence-corrected chi connectivity index (χ2v) is 1.55. The Morgan fingerprint density at radius 1 is 1.70 bits per heavy atom. The molecule has 6 nitrogen and oxygen atoms in total. The summed E-state index contributed by atoms with van der Waals surface area (Å²) in [6, 6.07) is -1.22. The van der Waals surface area contributed by atoms with Crippen molar-refractivity contribution in [2.75, 3.05) is 6.61 Å². The van der Waals surface area contributed by atoms with E-state index in [9.17, 15) is 4.79 Å². The van der Waals surface area contributed by atoms with Crippen LogP contribution < -0.4 is 5.73 Å². The number of nitrogens with two attached hydrogens (primary N) is 1. The van der Waals surface area contributed by atoms with Gasteiger partial charge in [-0.05, 0) is 0 Å². The van der Waals surface area contributed by atoms with Crippen LogP contribution in [0, 0.1) is 0 Å². The van der Waals surface area contributed by atoms with E-state index in [1.54, 1.807) is 0 Å². The average Bonchev–Trinajstić information content (AvgIpc) is 1.85. The van der Waals surface area contributed by atoms with Crippen molar-refractivity contribution in [3.8, 4) is 0 Å². The molecule has 0 saturated carbocycles. The van der Waals surface area contributed by atoms with Gasteiger partial charge in [0, 0.05) is 0 Å². The number of hydrogen-bond acceptors (Lipinski definition) is 6. The molecule has 0 bridgehead atoms. The molecule has 58 valence electrons. The molecule has 0 spiro atoms. The topological polar surface area (TPSA) is 113 Å². The van der Waals surface area contributed by atoms with Crippen LogP contribution in [-0.2, 0) is 9.45 Å². The van der Waals surface area contributed by atoms with E-state index < -0.39 is 25.9 Å². The molecule has 0 aliphatic carbocycles. The van der Waals surface area contributed by atoms with Crippen molar-refractivity contribution in [3.05, 3.63) is 0 Å². The highest BCUT2D eigenvalue weighted by Gasteiger charge is 2.20. The lowest BCUT2D eigenvalue weighted by atomic mass is 10.2. The third-order valence-corrected chi connectivity index (χ3v) is 0.721. The number of carbonyl (C=O) groups excluding carboxylic acids is 1. The van der Waals surface area contributed by atoms with Crippen molar-refractivity contribution in [1.82, 2.24) is 0 Å². The van der Waals surface area contributed by atoms with Crippen LogP contribution in [0.4, 0.5) is 0 Å². The largest absolute Gasteiger partial charge is 0.709 e. The Kier molecular flexibility index (Phi) is 3.97. The number of aliphatic hydroxyl groups is 1. The molecule has 0 aliphatic heterocycles. The van der Waals surface area contributed by atoms with Crippen LogP contribution >= 0.6 is 0 Å². The summed E-state index contributed by atoms with van der Waals surface area (Å²) in [6.07, 6.45) is 0. The molecule has 0 heterocycles. The molecular weight excluding hydrogens is 141 g/mol. The average molecular weight is 149 g/mol. The van der Waals surface area contributed by atoms with Crippen LogP contribution in [0.1, 0.15) is 0 Å². The Morgan fingerprint density at radius 2 is 2.20 bits per heavy atom. The van der Waals surface area contributed by atoms with Crippen molar-refractivity contribution >= 4 is 13.3 Å². The fraction of sp³-hybridized carbons (Fsp3) is 0.667. The summed E-state index contributed by atoms with van der Waals surface area (Å²) < 4.78 is 3.79. The SMILES string of the molecule is N[C@@H](CO)C(=O)OB(O)O. The van der Waals surface area contributed by atoms with Gasteiger partial charge in [-0.25, -0.2) is 0 Å². The highest BCUT2D eigenvalue weighted by molar-refractivity contribution is 6.35. The van der Waals surface area contributed by atoms with Gasteiger partial charge in [0.1, 0.15) is 6.04 Å². The van der Waals surface area contributed by atoms with Gasteiger partial charge in [-0.3, -0.25) is 4.79 Å². The maximum absolute atomic E-state index is 10.4. The summed E-state index contributed by atoms with van der Waals surface area (Å²) in [6.45, 7) is -0.592. The molecule has 0 saturated heterocycles. The summed E-state index contributed by atoms with van der Waals surface area (Å²) in [4.78, 5) is 10.4. The predicted octanol–water partition coefficient (Wildman–Crippen LogP) is -3.18. The van der Waals surface area contributed by atoms with E-state index in [0.717, 1.165) is 0 Å². The number of rotatable bonds is 3. The van der Waals surface area contributed by atoms with Crippen LogP contribution in [0.15, 0.2) is 0 Å². The van der Waals surface area contributed by atoms with Gasteiger partial charge in [0.05, 0.1) is 6.61 Å². The Labute approximate surface area is 57.4 Å². The van der Waals surface area contributed by atoms with Gasteiger partial charge in [0.15, 0.2) is 0 Å². The number of aliphatic hydroxyl groups excluding tert-OH is 1. The first kappa shape index (κ1) is 9.37. The number of hydrogen-bond donors (Lipinski definition) is 4. The Hall–Kier alpha value is -0.625. The van der Waals surface area contributed by atoms with Crippen LogP contribution in [-0.4, -0.2) is 41.1 Å². The summed E-state index contributed by atoms with van der Waals surface area (Å²) in [5, 5.41) is 24.3. The van der Waals surface area contributed by atoms with Crippen molar-refractivity contribution in [3.63, 3.8) is 0 Å². The maximum atomic E-state index is 10.4. The van der Waals surface area contributed by atoms with Gasteiger partial charge in [-0.1, -0.05) is 0 Å². The summed E-state index contributed by atoms with van der Waals surface area (Å²) in [5.74, 6) is -1.06. The zero-order valence-electron chi connectivity index (χ0n) is 5.10. The Bertz CT molecular complexity index is 117. The lowest BCUT2D eigenvalue weighted by Crippen LogP contribution is -2.39. The van der Waals surface area contributed by atoms with E-state index in [2.05, 4.69) is 4.65 Å². The standard InChI is InChI=1S/C3H8BNO5/c5-2(1-6)3(7)10-4(8)9/h2,6,8-9H,1,5H2/t2-/m0/s1. The lowest BCUT2D eigenvalue weighted by molar-refractivity contribution is -0.139. The van der Waals surface area contributed by atoms with E-state index in [-0.39, 0.29) is 0 Å². The molecule has 0 rings (SSSR count). The third kappa shape index (κ3) is 3.41. The maximum Gasteiger partial charge on any atom is 0.709 e. The molecule has 1 atom stereocenters. The van der Waals surface area contributed by atoms with E-state index in [4.69, 9.17) is 20.9 Å². The predicted molar refractivity (Wildman–Crippen MR) is 31.3 cm³/mol. The van der Waals surface area contributed by atoms with Gasteiger partial charge in [0.25, 0.3) is 0 Å². The minimum Gasteiger partial charge on any atom is -0.484 e. The fourth-order valence-corrected chi connectivity index (χ4v) is 0.266. The van der Waals surface area contributed by atoms with Gasteiger partial charge in [-0.15, -0.1) is 0 Å². The van der Waals surface area contributed by atoms with Gasteiger partial charge in [0.2, 0.25) is 0 Å². The molecule has 0 fully saturated rings. The lowest BCUT2D eigenvalue weighted by Gasteiger charge is -2.06. The van der Waals surface area contributed by atoms with E-state index in [1.807, 2.05) is 0 Å². The van der Waals surface area contributed by atoms with Gasteiger partial charge < -0.3 is 25.5 Å². The summed E-state index contributed by atoms with van der Waals surface area (Å²) in [7, 11) is -2.18. The third-order valence-electron chi connectivity index (χ3n) is 0.721. The van der Waals surface area contributed by atoms with Gasteiger partial charge in [-0.2, -0.15) is 0 Å². The van der Waals surface area contributed by atoms with Crippen LogP contribution in [0.3, 0.4) is 0 Å². The molecule has 0 radical (unpaired) electrons. The van der Waals surface area contributed by atoms with E-state index >= 15 is 0 Å². The minimum absolute atomic E-state index is 0.592. The van der Waals surface area contributed by atoms with Crippen molar-refractivity contribution < 1.29 is 24.6 Å². The highest BCUT2D eigenvalue weighted by atomic mass is 16.6. The van der Waals surface area contributed by atoms with Crippen molar-refractivity contribution in [2.24, 2.45) is 5.73 Å². The van der Waals surface area contributed by atoms with E-state index in [1.165, 1.54) is 0 Å². The molecule has 5 N–H and O–H groups in total. The quantitative estimate of drug-likeness (QED) is 0.314. The van der Waals surface area contributed by atoms with Crippen LogP contribution in [0.5, 0.6) is 0 Å². The van der Waals surface area contributed by atoms with Gasteiger partial charge >= 0.3 is 13.3 Å². The first-order valence-electron chi connectivity index (χ1n) is 2.51. The summed E-state index contributed by atoms with van der Waals surface area (Å²) in [5.41, 5.74) is 4.92. The zero-order chi connectivity index (χ0) is 8.15. The molecule has 0 aliphatic rings. The van der Waals surface area contributed by atoms with Crippen LogP contribution in [0.25, 0.3) is 0 Å². The number of carbonyl (C=O) groups is 1. The normalized spacial score (nSPS) is 12.4. The molecule has 0 aromatic heterocycles. The minimum atomic E-state index is -2.18. The van der Waals surface area contributed by atoms with E-state index in [0.29, 0.717) is 0 Å². The van der Waals surface area contributed by atoms with Crippen molar-refractivity contribution in [2.45, 2.75) is 6.04 Å². The molecule has 0 aromatic rings. The summed E-state index contributed by atoms with van der Waals surface area (Å²) >= 11 is 0. The molecule has 0 aromatic carbocycles. The molecular formula is C3H8BNO5. The van der Waals surface area contributed by atoms with Crippen LogP contribution in [0.2, 0.25) is 0 Å². The Morgan fingerprint density at radius 3 is 2.50 bits per heavy atom. The smallest absolute Gasteiger partial charge is 0.484 e. The molecule has 10 heavy (non-hydrogen) atoms. The molecule has 7 heteroatoms. The Balaban J connectivity index is 3.62.